The van der Waals surface area contributed by atoms with Crippen molar-refractivity contribution in [3.63, 3.8) is 0 Å². The van der Waals surface area contributed by atoms with E-state index < -0.39 is 6.10 Å². The lowest BCUT2D eigenvalue weighted by Gasteiger charge is -2.33. The van der Waals surface area contributed by atoms with E-state index >= 15 is 0 Å². The van der Waals surface area contributed by atoms with Crippen molar-refractivity contribution >= 4 is 5.91 Å². The van der Waals surface area contributed by atoms with Crippen LogP contribution in [0.4, 0.5) is 4.39 Å². The molecule has 1 atom stereocenters. The lowest BCUT2D eigenvalue weighted by atomic mass is 9.96. The monoisotopic (exact) mass is 449 g/mol. The molecule has 0 radical (unpaired) electrons. The van der Waals surface area contributed by atoms with Crippen LogP contribution in [0.5, 0.6) is 5.75 Å². The van der Waals surface area contributed by atoms with E-state index in [1.807, 2.05) is 36.1 Å². The topological polar surface area (TPSA) is 64.4 Å². The number of hydrogen-bond acceptors (Lipinski definition) is 4. The van der Waals surface area contributed by atoms with Gasteiger partial charge in [0.1, 0.15) is 11.6 Å². The zero-order valence-corrected chi connectivity index (χ0v) is 18.9. The highest BCUT2D eigenvalue weighted by atomic mass is 19.1. The molecule has 1 saturated heterocycles. The molecule has 0 spiro atoms. The maximum absolute atomic E-state index is 13.2. The van der Waals surface area contributed by atoms with E-state index in [1.165, 1.54) is 22.9 Å². The van der Waals surface area contributed by atoms with Crippen LogP contribution in [-0.2, 0) is 11.3 Å². The van der Waals surface area contributed by atoms with Crippen molar-refractivity contribution in [2.75, 3.05) is 13.1 Å². The van der Waals surface area contributed by atoms with E-state index in [4.69, 9.17) is 4.74 Å². The number of piperidine rings is 1. The van der Waals surface area contributed by atoms with Crippen LogP contribution in [0.1, 0.15) is 25.3 Å². The second-order valence-corrected chi connectivity index (χ2v) is 8.59. The van der Waals surface area contributed by atoms with Crippen molar-refractivity contribution in [2.24, 2.45) is 5.92 Å². The lowest BCUT2D eigenvalue weighted by Crippen LogP contribution is -2.45. The summed E-state index contributed by atoms with van der Waals surface area (Å²) >= 11 is 0. The maximum Gasteiger partial charge on any atom is 0.266 e. The van der Waals surface area contributed by atoms with Gasteiger partial charge in [-0.2, -0.15) is 5.10 Å². The number of nitrogens with zero attached hydrogens (tertiary/aromatic N) is 3. The predicted octanol–water partition coefficient (Wildman–Crippen LogP) is 4.06. The Kier molecular flexibility index (Phi) is 6.87. The fraction of sp³-hybridized carbons (Fsp3) is 0.346. The fourth-order valence-corrected chi connectivity index (χ4v) is 4.14. The van der Waals surface area contributed by atoms with E-state index in [9.17, 15) is 14.0 Å². The average Bonchev–Trinajstić information content (AvgIpc) is 2.81. The first-order chi connectivity index (χ1) is 15.9. The molecule has 172 valence electrons. The molecule has 0 N–H and O–H groups in total. The number of aryl methyl sites for hydroxylation is 1. The SMILES string of the molecule is Cc1cccc(OC(C)C(=O)N2CCC(Cn3nc(-c4ccc(F)cc4)ccc3=O)CC2)c1. The summed E-state index contributed by atoms with van der Waals surface area (Å²) in [7, 11) is 0. The predicted molar refractivity (Wildman–Crippen MR) is 124 cm³/mol. The number of rotatable bonds is 6. The van der Waals surface area contributed by atoms with E-state index in [0.29, 0.717) is 31.1 Å². The highest BCUT2D eigenvalue weighted by molar-refractivity contribution is 5.81. The van der Waals surface area contributed by atoms with E-state index in [2.05, 4.69) is 5.10 Å². The molecule has 2 aromatic carbocycles. The zero-order chi connectivity index (χ0) is 23.4. The van der Waals surface area contributed by atoms with Gasteiger partial charge in [0, 0.05) is 31.3 Å². The molecule has 2 heterocycles. The van der Waals surface area contributed by atoms with Crippen LogP contribution in [0.15, 0.2) is 65.5 Å². The second kappa shape index (κ2) is 9.98. The van der Waals surface area contributed by atoms with Gasteiger partial charge in [0.2, 0.25) is 0 Å². The normalized spacial score (nSPS) is 15.3. The number of amides is 1. The quantitative estimate of drug-likeness (QED) is 0.569. The number of benzene rings is 2. The number of aromatic nitrogens is 2. The molecule has 1 unspecified atom stereocenters. The molecular weight excluding hydrogens is 421 g/mol. The molecule has 1 amide bonds. The van der Waals surface area contributed by atoms with Crippen molar-refractivity contribution in [3.8, 4) is 17.0 Å². The van der Waals surface area contributed by atoms with Crippen LogP contribution in [0.2, 0.25) is 0 Å². The third-order valence-electron chi connectivity index (χ3n) is 6.01. The van der Waals surface area contributed by atoms with Crippen LogP contribution < -0.4 is 10.3 Å². The zero-order valence-electron chi connectivity index (χ0n) is 18.9. The highest BCUT2D eigenvalue weighted by Gasteiger charge is 2.27. The Morgan fingerprint density at radius 2 is 1.85 bits per heavy atom. The third-order valence-corrected chi connectivity index (χ3v) is 6.01. The van der Waals surface area contributed by atoms with E-state index in [0.717, 1.165) is 24.0 Å². The maximum atomic E-state index is 13.2. The number of carbonyl (C=O) groups is 1. The average molecular weight is 450 g/mol. The molecule has 1 aliphatic heterocycles. The summed E-state index contributed by atoms with van der Waals surface area (Å²) in [6, 6.07) is 16.9. The Morgan fingerprint density at radius 3 is 2.55 bits per heavy atom. The van der Waals surface area contributed by atoms with Crippen LogP contribution in [-0.4, -0.2) is 39.8 Å². The van der Waals surface area contributed by atoms with Gasteiger partial charge >= 0.3 is 0 Å². The minimum atomic E-state index is -0.556. The van der Waals surface area contributed by atoms with Crippen molar-refractivity contribution in [3.05, 3.63) is 82.4 Å². The largest absolute Gasteiger partial charge is 0.481 e. The van der Waals surface area contributed by atoms with Gasteiger partial charge in [0.15, 0.2) is 6.10 Å². The number of carbonyl (C=O) groups excluding carboxylic acids is 1. The molecule has 1 fully saturated rings. The van der Waals surface area contributed by atoms with Crippen LogP contribution in [0.3, 0.4) is 0 Å². The van der Waals surface area contributed by atoms with E-state index in [1.54, 1.807) is 25.1 Å². The third kappa shape index (κ3) is 5.66. The van der Waals surface area contributed by atoms with Crippen molar-refractivity contribution in [1.29, 1.82) is 0 Å². The molecular formula is C26H28FN3O3. The van der Waals surface area contributed by atoms with Gasteiger partial charge in [-0.25, -0.2) is 9.07 Å². The van der Waals surface area contributed by atoms with Crippen LogP contribution in [0.25, 0.3) is 11.3 Å². The van der Waals surface area contributed by atoms with Crippen LogP contribution >= 0.6 is 0 Å². The highest BCUT2D eigenvalue weighted by Crippen LogP contribution is 2.22. The Hall–Kier alpha value is -3.48. The molecule has 1 aromatic heterocycles. The first-order valence-electron chi connectivity index (χ1n) is 11.3. The standard InChI is InChI=1S/C26H28FN3O3/c1-18-4-3-5-23(16-18)33-19(2)26(32)29-14-12-20(13-15-29)17-30-25(31)11-10-24(28-30)21-6-8-22(27)9-7-21/h3-11,16,19-20H,12-15,17H2,1-2H3. The smallest absolute Gasteiger partial charge is 0.266 e. The van der Waals surface area contributed by atoms with Crippen molar-refractivity contribution in [1.82, 2.24) is 14.7 Å². The summed E-state index contributed by atoms with van der Waals surface area (Å²) in [5.74, 6) is 0.600. The Morgan fingerprint density at radius 1 is 1.12 bits per heavy atom. The fourth-order valence-electron chi connectivity index (χ4n) is 4.14. The van der Waals surface area contributed by atoms with Gasteiger partial charge in [-0.3, -0.25) is 9.59 Å². The molecule has 0 aliphatic carbocycles. The summed E-state index contributed by atoms with van der Waals surface area (Å²) in [6.45, 7) is 5.50. The van der Waals surface area contributed by atoms with Gasteiger partial charge < -0.3 is 9.64 Å². The molecule has 6 nitrogen and oxygen atoms in total. The molecule has 4 rings (SSSR count). The summed E-state index contributed by atoms with van der Waals surface area (Å²) in [4.78, 5) is 27.0. The van der Waals surface area contributed by atoms with Crippen molar-refractivity contribution < 1.29 is 13.9 Å². The first-order valence-corrected chi connectivity index (χ1v) is 11.3. The van der Waals surface area contributed by atoms with Gasteiger partial charge in [0.05, 0.1) is 5.69 Å². The number of ether oxygens (including phenoxy) is 1. The molecule has 3 aromatic rings. The van der Waals surface area contributed by atoms with Gasteiger partial charge in [-0.05, 0) is 80.6 Å². The Labute approximate surface area is 192 Å². The summed E-state index contributed by atoms with van der Waals surface area (Å²) in [6.07, 6.45) is 1.02. The van der Waals surface area contributed by atoms with Gasteiger partial charge in [-0.1, -0.05) is 12.1 Å². The number of halogens is 1. The molecule has 0 saturated carbocycles. The second-order valence-electron chi connectivity index (χ2n) is 8.59. The summed E-state index contributed by atoms with van der Waals surface area (Å²) in [5.41, 5.74) is 2.30. The number of likely N-dealkylation sites (tertiary alicyclic amines) is 1. The first kappa shape index (κ1) is 22.7. The minimum absolute atomic E-state index is 0.0245. The Bertz CT molecular complexity index is 1170. The van der Waals surface area contributed by atoms with Gasteiger partial charge in [0.25, 0.3) is 11.5 Å². The van der Waals surface area contributed by atoms with E-state index in [-0.39, 0.29) is 23.2 Å². The summed E-state index contributed by atoms with van der Waals surface area (Å²) in [5, 5.41) is 4.48. The minimum Gasteiger partial charge on any atom is -0.481 e. The molecule has 7 heteroatoms. The van der Waals surface area contributed by atoms with Gasteiger partial charge in [-0.15, -0.1) is 0 Å². The molecule has 1 aliphatic rings. The molecule has 0 bridgehead atoms. The Balaban J connectivity index is 1.34. The number of hydrogen-bond donors (Lipinski definition) is 0. The van der Waals surface area contributed by atoms with Crippen LogP contribution in [0, 0.1) is 18.7 Å². The lowest BCUT2D eigenvalue weighted by molar-refractivity contribution is -0.139. The summed E-state index contributed by atoms with van der Waals surface area (Å²) < 4.78 is 20.5. The van der Waals surface area contributed by atoms with Crippen molar-refractivity contribution in [2.45, 2.75) is 39.3 Å². The molecule has 33 heavy (non-hydrogen) atoms.